The van der Waals surface area contributed by atoms with Crippen molar-refractivity contribution in [2.45, 2.75) is 6.92 Å². The molecule has 15 heavy (non-hydrogen) atoms. The van der Waals surface area contributed by atoms with E-state index in [9.17, 15) is 0 Å². The smallest absolute Gasteiger partial charge is 0.163 e. The van der Waals surface area contributed by atoms with Gasteiger partial charge < -0.3 is 4.84 Å². The van der Waals surface area contributed by atoms with Crippen LogP contribution in [0.2, 0.25) is 0 Å². The zero-order chi connectivity index (χ0) is 10.3. The fourth-order valence-corrected chi connectivity index (χ4v) is 2.00. The highest BCUT2D eigenvalue weighted by atomic mass is 16.6. The molecule has 2 aromatic rings. The monoisotopic (exact) mass is 197 g/mol. The Balaban J connectivity index is 2.43. The molecule has 1 aliphatic heterocycles. The maximum atomic E-state index is 5.38. The van der Waals surface area contributed by atoms with Crippen molar-refractivity contribution in [3.8, 4) is 5.75 Å². The molecule has 0 saturated heterocycles. The molecule has 0 radical (unpaired) electrons. The fraction of sp³-hybridized carbons (Fsp3) is 0.0769. The number of hydroxylamine groups is 1. The molecule has 0 fully saturated rings. The van der Waals surface area contributed by atoms with Crippen LogP contribution in [-0.2, 0) is 0 Å². The van der Waals surface area contributed by atoms with Crippen molar-refractivity contribution < 1.29 is 4.84 Å². The standard InChI is InChI=1S/C13H11NO/c1-9-8-14-15-12-7-6-10-4-2-3-5-11(10)13(9)12/h2-8,14H,1H3. The Labute approximate surface area is 88.1 Å². The second-order valence-corrected chi connectivity index (χ2v) is 3.71. The molecule has 0 atom stereocenters. The first-order chi connectivity index (χ1) is 7.36. The van der Waals surface area contributed by atoms with Crippen molar-refractivity contribution in [2.75, 3.05) is 0 Å². The molecule has 74 valence electrons. The van der Waals surface area contributed by atoms with Gasteiger partial charge in [0.1, 0.15) is 0 Å². The number of benzene rings is 2. The van der Waals surface area contributed by atoms with Crippen LogP contribution in [0.1, 0.15) is 12.5 Å². The first-order valence-corrected chi connectivity index (χ1v) is 4.97. The number of allylic oxidation sites excluding steroid dienone is 1. The van der Waals surface area contributed by atoms with E-state index in [-0.39, 0.29) is 0 Å². The predicted molar refractivity (Wildman–Crippen MR) is 61.4 cm³/mol. The molecule has 0 saturated carbocycles. The molecular formula is C13H11NO. The fourth-order valence-electron chi connectivity index (χ4n) is 2.00. The molecule has 1 heterocycles. The molecule has 0 aliphatic carbocycles. The first kappa shape index (κ1) is 8.36. The number of hydrogen-bond donors (Lipinski definition) is 1. The molecule has 0 aromatic heterocycles. The third-order valence-electron chi connectivity index (χ3n) is 2.73. The lowest BCUT2D eigenvalue weighted by Gasteiger charge is -2.18. The van der Waals surface area contributed by atoms with E-state index in [1.807, 2.05) is 12.3 Å². The van der Waals surface area contributed by atoms with Crippen LogP contribution < -0.4 is 10.3 Å². The SMILES string of the molecule is CC1=CNOc2ccc3ccccc3c21. The van der Waals surface area contributed by atoms with E-state index in [0.29, 0.717) is 0 Å². The minimum absolute atomic E-state index is 0.897. The summed E-state index contributed by atoms with van der Waals surface area (Å²) < 4.78 is 0. The van der Waals surface area contributed by atoms with Crippen LogP contribution in [0.25, 0.3) is 16.3 Å². The topological polar surface area (TPSA) is 21.3 Å². The lowest BCUT2D eigenvalue weighted by molar-refractivity contribution is 0.238. The molecule has 0 unspecified atom stereocenters. The van der Waals surface area contributed by atoms with Gasteiger partial charge in [0, 0.05) is 11.8 Å². The average Bonchev–Trinajstić information content (AvgIpc) is 2.29. The second kappa shape index (κ2) is 3.02. The van der Waals surface area contributed by atoms with Crippen LogP contribution in [-0.4, -0.2) is 0 Å². The maximum absolute atomic E-state index is 5.38. The Kier molecular flexibility index (Phi) is 1.68. The van der Waals surface area contributed by atoms with Gasteiger partial charge in [-0.3, -0.25) is 0 Å². The lowest BCUT2D eigenvalue weighted by atomic mass is 9.98. The van der Waals surface area contributed by atoms with Gasteiger partial charge in [-0.25, -0.2) is 5.48 Å². The molecule has 3 rings (SSSR count). The number of rotatable bonds is 0. The summed E-state index contributed by atoms with van der Waals surface area (Å²) in [6.07, 6.45) is 1.88. The molecule has 2 aromatic carbocycles. The van der Waals surface area contributed by atoms with E-state index in [4.69, 9.17) is 4.84 Å². The molecular weight excluding hydrogens is 186 g/mol. The van der Waals surface area contributed by atoms with E-state index >= 15 is 0 Å². The van der Waals surface area contributed by atoms with Crippen molar-refractivity contribution in [3.05, 3.63) is 48.2 Å². The Morgan fingerprint density at radius 1 is 1.07 bits per heavy atom. The van der Waals surface area contributed by atoms with Gasteiger partial charge in [0.2, 0.25) is 0 Å². The minimum atomic E-state index is 0.897. The number of nitrogens with one attached hydrogen (secondary N) is 1. The van der Waals surface area contributed by atoms with Gasteiger partial charge in [-0.05, 0) is 29.3 Å². The highest BCUT2D eigenvalue weighted by Crippen LogP contribution is 2.34. The molecule has 1 N–H and O–H groups in total. The molecule has 2 nitrogen and oxygen atoms in total. The van der Waals surface area contributed by atoms with Gasteiger partial charge in [-0.2, -0.15) is 0 Å². The van der Waals surface area contributed by atoms with Crippen molar-refractivity contribution in [2.24, 2.45) is 0 Å². The summed E-state index contributed by atoms with van der Waals surface area (Å²) in [5.41, 5.74) is 5.18. The Bertz CT molecular complexity index is 557. The summed E-state index contributed by atoms with van der Waals surface area (Å²) in [5, 5.41) is 2.49. The molecule has 0 spiro atoms. The van der Waals surface area contributed by atoms with Gasteiger partial charge in [0.25, 0.3) is 0 Å². The first-order valence-electron chi connectivity index (χ1n) is 4.97. The van der Waals surface area contributed by atoms with Crippen LogP contribution in [0.5, 0.6) is 5.75 Å². The molecule has 0 bridgehead atoms. The highest BCUT2D eigenvalue weighted by molar-refractivity contribution is 5.96. The highest BCUT2D eigenvalue weighted by Gasteiger charge is 2.13. The van der Waals surface area contributed by atoms with E-state index < -0.39 is 0 Å². The summed E-state index contributed by atoms with van der Waals surface area (Å²) >= 11 is 0. The zero-order valence-corrected chi connectivity index (χ0v) is 8.45. The zero-order valence-electron chi connectivity index (χ0n) is 8.45. The minimum Gasteiger partial charge on any atom is -0.382 e. The largest absolute Gasteiger partial charge is 0.382 e. The van der Waals surface area contributed by atoms with Gasteiger partial charge in [0.05, 0.1) is 0 Å². The van der Waals surface area contributed by atoms with E-state index in [2.05, 4.69) is 42.7 Å². The van der Waals surface area contributed by atoms with Crippen molar-refractivity contribution >= 4 is 16.3 Å². The lowest BCUT2D eigenvalue weighted by Crippen LogP contribution is -2.16. The van der Waals surface area contributed by atoms with Crippen molar-refractivity contribution in [1.82, 2.24) is 5.48 Å². The maximum Gasteiger partial charge on any atom is 0.163 e. The predicted octanol–water partition coefficient (Wildman–Crippen LogP) is 3.10. The second-order valence-electron chi connectivity index (χ2n) is 3.71. The average molecular weight is 197 g/mol. The third-order valence-corrected chi connectivity index (χ3v) is 2.73. The Hall–Kier alpha value is -1.96. The van der Waals surface area contributed by atoms with Crippen LogP contribution in [0.4, 0.5) is 0 Å². The van der Waals surface area contributed by atoms with Gasteiger partial charge in [-0.1, -0.05) is 30.3 Å². The summed E-state index contributed by atoms with van der Waals surface area (Å²) in [7, 11) is 0. The summed E-state index contributed by atoms with van der Waals surface area (Å²) in [6, 6.07) is 12.4. The van der Waals surface area contributed by atoms with Gasteiger partial charge in [-0.15, -0.1) is 0 Å². The summed E-state index contributed by atoms with van der Waals surface area (Å²) in [6.45, 7) is 2.08. The molecule has 2 heteroatoms. The normalized spacial score (nSPS) is 13.8. The molecule has 1 aliphatic rings. The van der Waals surface area contributed by atoms with E-state index in [1.165, 1.54) is 21.9 Å². The Morgan fingerprint density at radius 3 is 2.87 bits per heavy atom. The summed E-state index contributed by atoms with van der Waals surface area (Å²) in [4.78, 5) is 5.38. The van der Waals surface area contributed by atoms with Crippen LogP contribution in [0.15, 0.2) is 42.6 Å². The molecule has 0 amide bonds. The van der Waals surface area contributed by atoms with Crippen LogP contribution >= 0.6 is 0 Å². The van der Waals surface area contributed by atoms with Gasteiger partial charge >= 0.3 is 0 Å². The summed E-state index contributed by atoms with van der Waals surface area (Å²) in [5.74, 6) is 0.897. The number of fused-ring (bicyclic) bond motifs is 3. The Morgan fingerprint density at radius 2 is 1.93 bits per heavy atom. The van der Waals surface area contributed by atoms with Gasteiger partial charge in [0.15, 0.2) is 5.75 Å². The van der Waals surface area contributed by atoms with E-state index in [0.717, 1.165) is 5.75 Å². The van der Waals surface area contributed by atoms with Crippen LogP contribution in [0, 0.1) is 0 Å². The number of hydrogen-bond acceptors (Lipinski definition) is 2. The van der Waals surface area contributed by atoms with E-state index in [1.54, 1.807) is 0 Å². The quantitative estimate of drug-likeness (QED) is 0.700. The van der Waals surface area contributed by atoms with Crippen molar-refractivity contribution in [3.63, 3.8) is 0 Å². The van der Waals surface area contributed by atoms with Crippen LogP contribution in [0.3, 0.4) is 0 Å². The third kappa shape index (κ3) is 1.18. The van der Waals surface area contributed by atoms with Crippen molar-refractivity contribution in [1.29, 1.82) is 0 Å².